The molecule has 0 spiro atoms. The average molecular weight is 377 g/mol. The molecule has 0 aromatic heterocycles. The van der Waals surface area contributed by atoms with Crippen molar-refractivity contribution in [3.63, 3.8) is 0 Å². The predicted octanol–water partition coefficient (Wildman–Crippen LogP) is 4.28. The molecule has 7 heteroatoms. The Morgan fingerprint density at radius 2 is 1.93 bits per heavy atom. The molecule has 2 aromatic rings. The second kappa shape index (κ2) is 8.24. The van der Waals surface area contributed by atoms with Gasteiger partial charge in [-0.05, 0) is 48.7 Å². The van der Waals surface area contributed by atoms with E-state index in [-0.39, 0.29) is 23.4 Å². The molecule has 0 saturated carbocycles. The Morgan fingerprint density at radius 1 is 1.11 bits per heavy atom. The Hall–Kier alpha value is -2.83. The first-order valence-corrected chi connectivity index (χ1v) is 8.61. The van der Waals surface area contributed by atoms with Gasteiger partial charge in [0.15, 0.2) is 11.5 Å². The van der Waals surface area contributed by atoms with Crippen LogP contribution in [-0.4, -0.2) is 38.2 Å². The number of rotatable bonds is 6. The summed E-state index contributed by atoms with van der Waals surface area (Å²) in [4.78, 5) is 14.8. The van der Waals surface area contributed by atoms with Gasteiger partial charge in [0.05, 0.1) is 20.3 Å². The highest BCUT2D eigenvalue weighted by Gasteiger charge is 2.31. The van der Waals surface area contributed by atoms with E-state index in [4.69, 9.17) is 9.47 Å². The molecule has 1 aliphatic rings. The lowest BCUT2D eigenvalue weighted by Gasteiger charge is -2.26. The summed E-state index contributed by atoms with van der Waals surface area (Å²) >= 11 is 0. The number of benzene rings is 2. The van der Waals surface area contributed by atoms with Crippen LogP contribution in [0.15, 0.2) is 42.5 Å². The number of likely N-dealkylation sites (tertiary alicyclic amines) is 1. The highest BCUT2D eigenvalue weighted by molar-refractivity contribution is 5.95. The monoisotopic (exact) mass is 377 g/mol. The van der Waals surface area contributed by atoms with E-state index in [1.54, 1.807) is 12.0 Å². The number of halogens is 2. The third kappa shape index (κ3) is 4.13. The van der Waals surface area contributed by atoms with Crippen LogP contribution in [0.2, 0.25) is 0 Å². The third-order valence-corrected chi connectivity index (χ3v) is 4.62. The zero-order chi connectivity index (χ0) is 19.4. The van der Waals surface area contributed by atoms with Gasteiger partial charge in [-0.2, -0.15) is 8.78 Å². The van der Waals surface area contributed by atoms with Gasteiger partial charge in [0, 0.05) is 12.1 Å². The molecule has 1 amide bonds. The number of amides is 1. The minimum atomic E-state index is -2.96. The Kier molecular flexibility index (Phi) is 5.78. The number of nitrogens with zero attached hydrogens (tertiary/aromatic N) is 1. The number of hydrogen-bond donors (Lipinski definition) is 0. The van der Waals surface area contributed by atoms with E-state index in [2.05, 4.69) is 4.74 Å². The summed E-state index contributed by atoms with van der Waals surface area (Å²) in [6.07, 6.45) is 1.74. The van der Waals surface area contributed by atoms with E-state index < -0.39 is 6.61 Å². The normalized spacial score (nSPS) is 16.5. The lowest BCUT2D eigenvalue weighted by atomic mass is 10.0. The largest absolute Gasteiger partial charge is 0.497 e. The van der Waals surface area contributed by atoms with E-state index in [0.717, 1.165) is 24.2 Å². The van der Waals surface area contributed by atoms with Crippen LogP contribution in [0.25, 0.3) is 0 Å². The molecule has 1 atom stereocenters. The van der Waals surface area contributed by atoms with Crippen LogP contribution in [0.3, 0.4) is 0 Å². The van der Waals surface area contributed by atoms with Crippen molar-refractivity contribution in [2.75, 3.05) is 20.8 Å². The molecule has 1 fully saturated rings. The van der Waals surface area contributed by atoms with Gasteiger partial charge in [0.1, 0.15) is 5.75 Å². The van der Waals surface area contributed by atoms with Crippen molar-refractivity contribution in [3.05, 3.63) is 53.6 Å². The number of carbonyl (C=O) groups is 1. The molecule has 1 heterocycles. The topological polar surface area (TPSA) is 48.0 Å². The van der Waals surface area contributed by atoms with Crippen molar-refractivity contribution >= 4 is 5.91 Å². The first-order valence-electron chi connectivity index (χ1n) is 8.61. The van der Waals surface area contributed by atoms with Crippen molar-refractivity contribution in [2.24, 2.45) is 0 Å². The van der Waals surface area contributed by atoms with Crippen LogP contribution in [0.4, 0.5) is 8.78 Å². The van der Waals surface area contributed by atoms with Gasteiger partial charge in [-0.25, -0.2) is 0 Å². The van der Waals surface area contributed by atoms with Gasteiger partial charge in [0.25, 0.3) is 5.91 Å². The van der Waals surface area contributed by atoms with Crippen LogP contribution in [0.5, 0.6) is 17.2 Å². The zero-order valence-corrected chi connectivity index (χ0v) is 15.2. The number of carbonyl (C=O) groups excluding carboxylic acids is 1. The highest BCUT2D eigenvalue weighted by atomic mass is 19.3. The quantitative estimate of drug-likeness (QED) is 0.754. The summed E-state index contributed by atoms with van der Waals surface area (Å²) < 4.78 is 39.7. The van der Waals surface area contributed by atoms with Crippen molar-refractivity contribution in [1.29, 1.82) is 0 Å². The van der Waals surface area contributed by atoms with Crippen molar-refractivity contribution in [3.8, 4) is 17.2 Å². The second-order valence-corrected chi connectivity index (χ2v) is 6.18. The molecule has 2 aromatic carbocycles. The van der Waals surface area contributed by atoms with Gasteiger partial charge in [0.2, 0.25) is 0 Å². The van der Waals surface area contributed by atoms with Gasteiger partial charge >= 0.3 is 6.61 Å². The Balaban J connectivity index is 1.85. The molecule has 3 rings (SSSR count). The lowest BCUT2D eigenvalue weighted by Crippen LogP contribution is -2.30. The molecule has 5 nitrogen and oxygen atoms in total. The minimum absolute atomic E-state index is 0.0596. The van der Waals surface area contributed by atoms with E-state index in [1.165, 1.54) is 25.3 Å². The maximum Gasteiger partial charge on any atom is 0.387 e. The van der Waals surface area contributed by atoms with Gasteiger partial charge in [-0.3, -0.25) is 4.79 Å². The molecular weight excluding hydrogens is 356 g/mol. The fourth-order valence-corrected chi connectivity index (χ4v) is 3.36. The number of methoxy groups -OCH3 is 2. The lowest BCUT2D eigenvalue weighted by molar-refractivity contribution is -0.0512. The van der Waals surface area contributed by atoms with E-state index >= 15 is 0 Å². The second-order valence-electron chi connectivity index (χ2n) is 6.18. The van der Waals surface area contributed by atoms with Crippen molar-refractivity contribution in [1.82, 2.24) is 4.90 Å². The molecule has 144 valence electrons. The van der Waals surface area contributed by atoms with Crippen molar-refractivity contribution in [2.45, 2.75) is 25.5 Å². The van der Waals surface area contributed by atoms with Crippen molar-refractivity contribution < 1.29 is 27.8 Å². The summed E-state index contributed by atoms with van der Waals surface area (Å²) in [6.45, 7) is -2.34. The first kappa shape index (κ1) is 18.9. The molecule has 0 aliphatic carbocycles. The van der Waals surface area contributed by atoms with Gasteiger partial charge < -0.3 is 19.1 Å². The fourth-order valence-electron chi connectivity index (χ4n) is 3.36. The van der Waals surface area contributed by atoms with E-state index in [1.807, 2.05) is 24.3 Å². The van der Waals surface area contributed by atoms with Crippen LogP contribution in [0, 0.1) is 0 Å². The zero-order valence-electron chi connectivity index (χ0n) is 15.2. The van der Waals surface area contributed by atoms with Crippen LogP contribution >= 0.6 is 0 Å². The van der Waals surface area contributed by atoms with Crippen LogP contribution in [0.1, 0.15) is 34.8 Å². The number of ether oxygens (including phenoxy) is 3. The Labute approximate surface area is 156 Å². The standard InChI is InChI=1S/C20H21F2NO4/c1-25-15-6-3-5-13(11-15)16-7-4-10-23(16)19(24)14-8-9-17(27-20(21)22)18(12-14)26-2/h3,5-6,8-9,11-12,16,20H,4,7,10H2,1-2H3. The molecule has 27 heavy (non-hydrogen) atoms. The molecule has 1 unspecified atom stereocenters. The SMILES string of the molecule is COc1cccc(C2CCCN2C(=O)c2ccc(OC(F)F)c(OC)c2)c1. The third-order valence-electron chi connectivity index (χ3n) is 4.62. The summed E-state index contributed by atoms with van der Waals surface area (Å²) in [5, 5.41) is 0. The Bertz CT molecular complexity index is 812. The van der Waals surface area contributed by atoms with E-state index in [9.17, 15) is 13.6 Å². The average Bonchev–Trinajstić information content (AvgIpc) is 3.17. The van der Waals surface area contributed by atoms with Gasteiger partial charge in [-0.1, -0.05) is 12.1 Å². The molecule has 1 aliphatic heterocycles. The van der Waals surface area contributed by atoms with Crippen LogP contribution in [-0.2, 0) is 0 Å². The smallest absolute Gasteiger partial charge is 0.387 e. The molecule has 0 bridgehead atoms. The number of hydrogen-bond acceptors (Lipinski definition) is 4. The highest BCUT2D eigenvalue weighted by Crippen LogP contribution is 2.36. The molecule has 0 N–H and O–H groups in total. The van der Waals surface area contributed by atoms with Gasteiger partial charge in [-0.15, -0.1) is 0 Å². The molecule has 1 saturated heterocycles. The number of alkyl halides is 2. The Morgan fingerprint density at radius 3 is 2.63 bits per heavy atom. The minimum Gasteiger partial charge on any atom is -0.497 e. The summed E-state index contributed by atoms with van der Waals surface area (Å²) in [5.74, 6) is 0.553. The molecule has 0 radical (unpaired) electrons. The summed E-state index contributed by atoms with van der Waals surface area (Å²) in [6, 6.07) is 11.8. The van der Waals surface area contributed by atoms with E-state index in [0.29, 0.717) is 12.1 Å². The van der Waals surface area contributed by atoms with Crippen LogP contribution < -0.4 is 14.2 Å². The first-order chi connectivity index (χ1) is 13.0. The molecular formula is C20H21F2NO4. The summed E-state index contributed by atoms with van der Waals surface area (Å²) in [5.41, 5.74) is 1.37. The fraction of sp³-hybridized carbons (Fsp3) is 0.350. The predicted molar refractivity (Wildman–Crippen MR) is 95.6 cm³/mol. The summed E-state index contributed by atoms with van der Waals surface area (Å²) in [7, 11) is 2.95. The maximum atomic E-state index is 13.0. The maximum absolute atomic E-state index is 13.0.